The highest BCUT2D eigenvalue weighted by Gasteiger charge is 2.27. The van der Waals surface area contributed by atoms with Crippen LogP contribution in [0.25, 0.3) is 0 Å². The number of anilines is 1. The molecule has 0 aliphatic carbocycles. The number of rotatable bonds is 7. The molecule has 7 nitrogen and oxygen atoms in total. The Morgan fingerprint density at radius 1 is 1.03 bits per heavy atom. The molecule has 0 spiro atoms. The molecule has 0 saturated carbocycles. The number of hydrogen-bond donors (Lipinski definition) is 1. The second-order valence-electron chi connectivity index (χ2n) is 6.00. The van der Waals surface area contributed by atoms with Gasteiger partial charge in [0.2, 0.25) is 0 Å². The summed E-state index contributed by atoms with van der Waals surface area (Å²) in [5, 5.41) is 4.29. The van der Waals surface area contributed by atoms with Crippen LogP contribution in [0.15, 0.2) is 82.9 Å². The molecule has 0 radical (unpaired) electrons. The number of halogens is 2. The summed E-state index contributed by atoms with van der Waals surface area (Å²) in [6.07, 6.45) is 2.93. The van der Waals surface area contributed by atoms with E-state index in [4.69, 9.17) is 23.2 Å². The topological polar surface area (TPSA) is 91.7 Å². The molecular formula is C20H16Cl2N4O3S. The van der Waals surface area contributed by atoms with E-state index in [0.29, 0.717) is 5.69 Å². The number of carbonyl (C=O) groups excluding carboxylic acids is 1. The Hall–Kier alpha value is -2.94. The molecule has 3 rings (SSSR count). The van der Waals surface area contributed by atoms with Gasteiger partial charge in [-0.2, -0.15) is 5.10 Å². The molecule has 0 atom stereocenters. The lowest BCUT2D eigenvalue weighted by Crippen LogP contribution is -2.39. The molecular weight excluding hydrogens is 447 g/mol. The standard InChI is InChI=1S/C20H16Cl2N4O3S/c21-15-10-16(22)12-18(11-15)26(30(28,29)19-7-2-1-3-8-19)14-20(27)25-24-13-17-6-4-5-9-23-17/h1-13H,14H2,(H,25,27)/b24-13-. The molecule has 0 saturated heterocycles. The van der Waals surface area contributed by atoms with E-state index < -0.39 is 22.5 Å². The molecule has 154 valence electrons. The van der Waals surface area contributed by atoms with Crippen LogP contribution >= 0.6 is 23.2 Å². The van der Waals surface area contributed by atoms with E-state index in [1.807, 2.05) is 0 Å². The van der Waals surface area contributed by atoms with Crippen molar-refractivity contribution in [2.45, 2.75) is 4.90 Å². The second-order valence-corrected chi connectivity index (χ2v) is 8.74. The zero-order chi connectivity index (χ0) is 21.6. The number of benzene rings is 2. The lowest BCUT2D eigenvalue weighted by Gasteiger charge is -2.24. The minimum absolute atomic E-state index is 0.0193. The molecule has 10 heteroatoms. The average Bonchev–Trinajstić information content (AvgIpc) is 2.72. The van der Waals surface area contributed by atoms with Crippen LogP contribution in [0.1, 0.15) is 5.69 Å². The highest BCUT2D eigenvalue weighted by molar-refractivity contribution is 7.92. The van der Waals surface area contributed by atoms with Gasteiger partial charge < -0.3 is 0 Å². The molecule has 1 aromatic heterocycles. The monoisotopic (exact) mass is 462 g/mol. The Labute approximate surface area is 184 Å². The summed E-state index contributed by atoms with van der Waals surface area (Å²) in [5.41, 5.74) is 2.99. The Kier molecular flexibility index (Phi) is 7.04. The van der Waals surface area contributed by atoms with Crippen molar-refractivity contribution in [1.82, 2.24) is 10.4 Å². The SMILES string of the molecule is O=C(CN(c1cc(Cl)cc(Cl)c1)S(=O)(=O)c1ccccc1)N/N=C\c1ccccn1. The van der Waals surface area contributed by atoms with Crippen molar-refractivity contribution >= 4 is 51.0 Å². The third kappa shape index (κ3) is 5.56. The minimum atomic E-state index is -4.07. The van der Waals surface area contributed by atoms with Crippen LogP contribution in [-0.4, -0.2) is 32.1 Å². The van der Waals surface area contributed by atoms with Gasteiger partial charge in [-0.25, -0.2) is 13.8 Å². The molecule has 0 fully saturated rings. The predicted molar refractivity (Wildman–Crippen MR) is 117 cm³/mol. The van der Waals surface area contributed by atoms with Crippen molar-refractivity contribution < 1.29 is 13.2 Å². The number of hydrazone groups is 1. The van der Waals surface area contributed by atoms with E-state index in [0.717, 1.165) is 4.31 Å². The summed E-state index contributed by atoms with van der Waals surface area (Å²) in [5.74, 6) is -0.655. The van der Waals surface area contributed by atoms with Crippen LogP contribution in [0.2, 0.25) is 10.0 Å². The molecule has 1 N–H and O–H groups in total. The largest absolute Gasteiger partial charge is 0.271 e. The number of aromatic nitrogens is 1. The number of hydrogen-bond acceptors (Lipinski definition) is 5. The zero-order valence-electron chi connectivity index (χ0n) is 15.4. The molecule has 3 aromatic rings. The normalized spacial score (nSPS) is 11.4. The maximum absolute atomic E-state index is 13.2. The van der Waals surface area contributed by atoms with Crippen LogP contribution in [0.4, 0.5) is 5.69 Å². The molecule has 30 heavy (non-hydrogen) atoms. The van der Waals surface area contributed by atoms with Gasteiger partial charge in [-0.15, -0.1) is 0 Å². The summed E-state index contributed by atoms with van der Waals surface area (Å²) >= 11 is 12.1. The van der Waals surface area contributed by atoms with Gasteiger partial charge >= 0.3 is 0 Å². The van der Waals surface area contributed by atoms with Gasteiger partial charge in [-0.05, 0) is 42.5 Å². The van der Waals surface area contributed by atoms with Gasteiger partial charge in [0.25, 0.3) is 15.9 Å². The Balaban J connectivity index is 1.88. The molecule has 0 aliphatic rings. The summed E-state index contributed by atoms with van der Waals surface area (Å²) in [6.45, 7) is -0.534. The lowest BCUT2D eigenvalue weighted by molar-refractivity contribution is -0.119. The molecule has 1 amide bonds. The smallest absolute Gasteiger partial charge is 0.264 e. The highest BCUT2D eigenvalue weighted by Crippen LogP contribution is 2.29. The fourth-order valence-electron chi connectivity index (χ4n) is 2.51. The maximum Gasteiger partial charge on any atom is 0.264 e. The number of carbonyl (C=O) groups is 1. The van der Waals surface area contributed by atoms with E-state index in [1.165, 1.54) is 36.5 Å². The number of pyridine rings is 1. The van der Waals surface area contributed by atoms with Gasteiger partial charge in [-0.3, -0.25) is 14.1 Å². The van der Waals surface area contributed by atoms with Gasteiger partial charge in [0.1, 0.15) is 6.54 Å². The van der Waals surface area contributed by atoms with Crippen LogP contribution in [0, 0.1) is 0 Å². The number of nitrogens with zero attached hydrogens (tertiary/aromatic N) is 3. The van der Waals surface area contributed by atoms with Gasteiger partial charge in [-0.1, -0.05) is 47.5 Å². The van der Waals surface area contributed by atoms with Crippen LogP contribution < -0.4 is 9.73 Å². The Bertz CT molecular complexity index is 1140. The average molecular weight is 463 g/mol. The lowest BCUT2D eigenvalue weighted by atomic mass is 10.3. The Morgan fingerprint density at radius 2 is 1.70 bits per heavy atom. The van der Waals surface area contributed by atoms with Crippen LogP contribution in [0.3, 0.4) is 0 Å². The van der Waals surface area contributed by atoms with E-state index >= 15 is 0 Å². The molecule has 0 aliphatic heterocycles. The highest BCUT2D eigenvalue weighted by atomic mass is 35.5. The van der Waals surface area contributed by atoms with Gasteiger partial charge in [0, 0.05) is 16.2 Å². The van der Waals surface area contributed by atoms with Crippen molar-refractivity contribution in [3.8, 4) is 0 Å². The summed E-state index contributed by atoms with van der Waals surface area (Å²) in [4.78, 5) is 16.5. The van der Waals surface area contributed by atoms with Crippen molar-refractivity contribution in [3.63, 3.8) is 0 Å². The van der Waals surface area contributed by atoms with Crippen LogP contribution in [0.5, 0.6) is 0 Å². The first kappa shape index (κ1) is 21.8. The molecule has 2 aromatic carbocycles. The predicted octanol–water partition coefficient (Wildman–Crippen LogP) is 3.73. The van der Waals surface area contributed by atoms with Crippen molar-refractivity contribution in [2.24, 2.45) is 5.10 Å². The molecule has 0 unspecified atom stereocenters. The fourth-order valence-corrected chi connectivity index (χ4v) is 4.45. The summed E-state index contributed by atoms with van der Waals surface area (Å²) in [6, 6.07) is 17.3. The second kappa shape index (κ2) is 9.71. The zero-order valence-corrected chi connectivity index (χ0v) is 17.8. The third-order valence-electron chi connectivity index (χ3n) is 3.83. The van der Waals surface area contributed by atoms with E-state index in [2.05, 4.69) is 15.5 Å². The molecule has 1 heterocycles. The fraction of sp³-hybridized carbons (Fsp3) is 0.0500. The van der Waals surface area contributed by atoms with Crippen molar-refractivity contribution in [3.05, 3.63) is 88.7 Å². The van der Waals surface area contributed by atoms with Gasteiger partial charge in [0.15, 0.2) is 0 Å². The van der Waals surface area contributed by atoms with Crippen molar-refractivity contribution in [1.29, 1.82) is 0 Å². The number of sulfonamides is 1. The van der Waals surface area contributed by atoms with E-state index in [9.17, 15) is 13.2 Å². The number of amides is 1. The van der Waals surface area contributed by atoms with E-state index in [1.54, 1.807) is 42.6 Å². The van der Waals surface area contributed by atoms with E-state index in [-0.39, 0.29) is 20.6 Å². The first-order chi connectivity index (χ1) is 14.4. The Morgan fingerprint density at radius 3 is 2.33 bits per heavy atom. The quantitative estimate of drug-likeness (QED) is 0.427. The minimum Gasteiger partial charge on any atom is -0.271 e. The number of nitrogens with one attached hydrogen (secondary N) is 1. The molecule has 0 bridgehead atoms. The summed E-state index contributed by atoms with van der Waals surface area (Å²) in [7, 11) is -4.07. The third-order valence-corrected chi connectivity index (χ3v) is 6.05. The van der Waals surface area contributed by atoms with Crippen molar-refractivity contribution in [2.75, 3.05) is 10.8 Å². The first-order valence-electron chi connectivity index (χ1n) is 8.63. The maximum atomic E-state index is 13.2. The van der Waals surface area contributed by atoms with Crippen LogP contribution in [-0.2, 0) is 14.8 Å². The first-order valence-corrected chi connectivity index (χ1v) is 10.8. The summed E-state index contributed by atoms with van der Waals surface area (Å²) < 4.78 is 27.3. The van der Waals surface area contributed by atoms with Gasteiger partial charge in [0.05, 0.1) is 22.5 Å².